The van der Waals surface area contributed by atoms with E-state index in [-0.39, 0.29) is 11.7 Å². The predicted molar refractivity (Wildman–Crippen MR) is 140 cm³/mol. The lowest BCUT2D eigenvalue weighted by Gasteiger charge is -2.32. The number of nitrogens with one attached hydrogen (secondary N) is 1. The average Bonchev–Trinajstić information content (AvgIpc) is 2.90. The van der Waals surface area contributed by atoms with Crippen molar-refractivity contribution in [1.29, 1.82) is 0 Å². The molecular formula is C29H32FN3O2. The summed E-state index contributed by atoms with van der Waals surface area (Å²) in [5.74, 6) is 0.708. The number of nitrogens with zero attached hydrogens (tertiary/aromatic N) is 2. The van der Waals surface area contributed by atoms with Crippen LogP contribution in [0, 0.1) is 5.82 Å². The van der Waals surface area contributed by atoms with E-state index in [1.807, 2.05) is 19.2 Å². The molecule has 1 N–H and O–H groups in total. The Bertz CT molecular complexity index is 1220. The van der Waals surface area contributed by atoms with E-state index in [1.54, 1.807) is 12.0 Å². The van der Waals surface area contributed by atoms with Crippen molar-refractivity contribution in [1.82, 2.24) is 0 Å². The number of piperidine rings is 1. The molecule has 2 heterocycles. The second-order valence-electron chi connectivity index (χ2n) is 9.35. The van der Waals surface area contributed by atoms with E-state index in [0.717, 1.165) is 58.9 Å². The molecule has 5 rings (SSSR count). The van der Waals surface area contributed by atoms with Crippen molar-refractivity contribution in [2.24, 2.45) is 0 Å². The fraction of sp³-hybridized carbons (Fsp3) is 0.345. The molecule has 0 spiro atoms. The quantitative estimate of drug-likeness (QED) is 0.476. The zero-order valence-electron chi connectivity index (χ0n) is 20.4. The molecular weight excluding hydrogens is 441 g/mol. The molecule has 2 aliphatic heterocycles. The Balaban J connectivity index is 1.51. The molecule has 3 aromatic rings. The van der Waals surface area contributed by atoms with Gasteiger partial charge in [-0.1, -0.05) is 18.2 Å². The highest BCUT2D eigenvalue weighted by Crippen LogP contribution is 2.40. The van der Waals surface area contributed by atoms with Crippen LogP contribution in [0.15, 0.2) is 54.6 Å². The minimum Gasteiger partial charge on any atom is -0.496 e. The summed E-state index contributed by atoms with van der Waals surface area (Å²) < 4.78 is 19.5. The summed E-state index contributed by atoms with van der Waals surface area (Å²) in [6.45, 7) is 2.59. The number of carbonyl (C=O) groups is 1. The number of anilines is 3. The topological polar surface area (TPSA) is 44.8 Å². The summed E-state index contributed by atoms with van der Waals surface area (Å²) >= 11 is 0. The third-order valence-corrected chi connectivity index (χ3v) is 7.17. The molecule has 0 unspecified atom stereocenters. The summed E-state index contributed by atoms with van der Waals surface area (Å²) in [6.07, 6.45) is 4.87. The van der Waals surface area contributed by atoms with E-state index < -0.39 is 0 Å². The predicted octanol–water partition coefficient (Wildman–Crippen LogP) is 6.01. The third-order valence-electron chi connectivity index (χ3n) is 7.17. The highest BCUT2D eigenvalue weighted by atomic mass is 19.1. The molecule has 3 aromatic carbocycles. The van der Waals surface area contributed by atoms with Crippen LogP contribution in [-0.4, -0.2) is 33.2 Å². The highest BCUT2D eigenvalue weighted by molar-refractivity contribution is 5.96. The van der Waals surface area contributed by atoms with Crippen molar-refractivity contribution in [3.05, 3.63) is 71.5 Å². The lowest BCUT2D eigenvalue weighted by molar-refractivity contribution is -0.118. The number of halogens is 1. The molecule has 1 saturated heterocycles. The summed E-state index contributed by atoms with van der Waals surface area (Å²) in [6, 6.07) is 17.2. The van der Waals surface area contributed by atoms with Crippen molar-refractivity contribution in [2.75, 3.05) is 42.4 Å². The smallest absolute Gasteiger partial charge is 0.227 e. The van der Waals surface area contributed by atoms with E-state index in [4.69, 9.17) is 4.74 Å². The van der Waals surface area contributed by atoms with E-state index in [1.165, 1.54) is 37.1 Å². The lowest BCUT2D eigenvalue weighted by atomic mass is 9.97. The van der Waals surface area contributed by atoms with Crippen LogP contribution in [0.1, 0.15) is 36.8 Å². The Morgan fingerprint density at radius 1 is 0.971 bits per heavy atom. The molecule has 0 radical (unpaired) electrons. The van der Waals surface area contributed by atoms with E-state index in [9.17, 15) is 9.18 Å². The fourth-order valence-corrected chi connectivity index (χ4v) is 5.23. The lowest BCUT2D eigenvalue weighted by Crippen LogP contribution is -2.31. The molecule has 6 heteroatoms. The molecule has 0 atom stereocenters. The molecule has 182 valence electrons. The van der Waals surface area contributed by atoms with E-state index in [2.05, 4.69) is 40.5 Å². The standard InChI is InChI=1S/C29H32FN3O2/c1-32-26-17-22(27(35-2)18-21(26)11-14-28(32)34)19-31-24-7-6-8-25(33-15-4-3-5-16-33)29(24)20-9-12-23(30)13-10-20/h6-10,12-13,17-18,31H,3-5,11,14-16,19H2,1-2H3. The van der Waals surface area contributed by atoms with Gasteiger partial charge < -0.3 is 19.9 Å². The fourth-order valence-electron chi connectivity index (χ4n) is 5.23. The first kappa shape index (κ1) is 23.2. The summed E-state index contributed by atoms with van der Waals surface area (Å²) in [7, 11) is 3.52. The zero-order chi connectivity index (χ0) is 24.4. The first-order valence-electron chi connectivity index (χ1n) is 12.4. The Kier molecular flexibility index (Phi) is 6.62. The molecule has 0 saturated carbocycles. The van der Waals surface area contributed by atoms with Gasteiger partial charge in [-0.05, 0) is 73.2 Å². The van der Waals surface area contributed by atoms with Gasteiger partial charge in [0.05, 0.1) is 7.11 Å². The SMILES string of the molecule is COc1cc2c(cc1CNc1cccc(N3CCCCC3)c1-c1ccc(F)cc1)N(C)C(=O)CC2. The molecule has 2 aliphatic rings. The molecule has 0 aliphatic carbocycles. The van der Waals surface area contributed by atoms with Crippen LogP contribution >= 0.6 is 0 Å². The van der Waals surface area contributed by atoms with Crippen molar-refractivity contribution < 1.29 is 13.9 Å². The van der Waals surface area contributed by atoms with Gasteiger partial charge in [0.25, 0.3) is 0 Å². The van der Waals surface area contributed by atoms with Crippen molar-refractivity contribution in [3.63, 3.8) is 0 Å². The van der Waals surface area contributed by atoms with Gasteiger partial charge in [-0.25, -0.2) is 4.39 Å². The molecule has 35 heavy (non-hydrogen) atoms. The van der Waals surface area contributed by atoms with Gasteiger partial charge in [-0.15, -0.1) is 0 Å². The van der Waals surface area contributed by atoms with Crippen LogP contribution in [0.5, 0.6) is 5.75 Å². The Morgan fingerprint density at radius 3 is 2.49 bits per heavy atom. The monoisotopic (exact) mass is 473 g/mol. The van der Waals surface area contributed by atoms with Crippen LogP contribution in [-0.2, 0) is 17.8 Å². The number of benzene rings is 3. The second kappa shape index (κ2) is 9.98. The van der Waals surface area contributed by atoms with Gasteiger partial charge in [0, 0.05) is 61.3 Å². The first-order valence-corrected chi connectivity index (χ1v) is 12.4. The number of hydrogen-bond acceptors (Lipinski definition) is 4. The Hall–Kier alpha value is -3.54. The molecule has 0 bridgehead atoms. The van der Waals surface area contributed by atoms with Crippen LogP contribution < -0.4 is 19.9 Å². The second-order valence-corrected chi connectivity index (χ2v) is 9.35. The zero-order valence-corrected chi connectivity index (χ0v) is 20.4. The molecule has 1 fully saturated rings. The number of amides is 1. The number of hydrogen-bond donors (Lipinski definition) is 1. The van der Waals surface area contributed by atoms with Gasteiger partial charge in [0.2, 0.25) is 5.91 Å². The number of rotatable bonds is 6. The van der Waals surface area contributed by atoms with E-state index >= 15 is 0 Å². The average molecular weight is 474 g/mol. The van der Waals surface area contributed by atoms with Crippen molar-refractivity contribution >= 4 is 23.0 Å². The highest BCUT2D eigenvalue weighted by Gasteiger charge is 2.23. The van der Waals surface area contributed by atoms with Gasteiger partial charge in [-0.2, -0.15) is 0 Å². The number of carbonyl (C=O) groups excluding carboxylic acids is 1. The van der Waals surface area contributed by atoms with E-state index in [0.29, 0.717) is 13.0 Å². The Labute approximate surface area is 206 Å². The van der Waals surface area contributed by atoms with Crippen LogP contribution in [0.3, 0.4) is 0 Å². The maximum absolute atomic E-state index is 13.7. The van der Waals surface area contributed by atoms with Crippen LogP contribution in [0.25, 0.3) is 11.1 Å². The number of ether oxygens (including phenoxy) is 1. The largest absolute Gasteiger partial charge is 0.496 e. The maximum atomic E-state index is 13.7. The van der Waals surface area contributed by atoms with Gasteiger partial charge in [0.15, 0.2) is 0 Å². The molecule has 0 aromatic heterocycles. The molecule has 5 nitrogen and oxygen atoms in total. The third kappa shape index (κ3) is 4.70. The van der Waals surface area contributed by atoms with Crippen LogP contribution in [0.4, 0.5) is 21.5 Å². The summed E-state index contributed by atoms with van der Waals surface area (Å²) in [5, 5.41) is 3.63. The van der Waals surface area contributed by atoms with Crippen molar-refractivity contribution in [3.8, 4) is 16.9 Å². The minimum atomic E-state index is -0.240. The first-order chi connectivity index (χ1) is 17.0. The van der Waals surface area contributed by atoms with Gasteiger partial charge >= 0.3 is 0 Å². The summed E-state index contributed by atoms with van der Waals surface area (Å²) in [5.41, 5.74) is 7.29. The number of methoxy groups -OCH3 is 1. The van der Waals surface area contributed by atoms with Gasteiger partial charge in [-0.3, -0.25) is 4.79 Å². The number of aryl methyl sites for hydroxylation is 1. The minimum absolute atomic E-state index is 0.134. The van der Waals surface area contributed by atoms with Crippen molar-refractivity contribution in [2.45, 2.75) is 38.6 Å². The number of fused-ring (bicyclic) bond motifs is 1. The molecule has 1 amide bonds. The Morgan fingerprint density at radius 2 is 1.74 bits per heavy atom. The summed E-state index contributed by atoms with van der Waals surface area (Å²) in [4.78, 5) is 16.4. The van der Waals surface area contributed by atoms with Gasteiger partial charge in [0.1, 0.15) is 11.6 Å². The van der Waals surface area contributed by atoms with Crippen LogP contribution in [0.2, 0.25) is 0 Å². The normalized spacial score (nSPS) is 15.7. The maximum Gasteiger partial charge on any atom is 0.227 e.